The first-order chi connectivity index (χ1) is 20.4. The molecule has 214 valence electrons. The van der Waals surface area contributed by atoms with E-state index in [9.17, 15) is 9.59 Å². The third-order valence-corrected chi connectivity index (χ3v) is 8.60. The average molecular weight is 584 g/mol. The average Bonchev–Trinajstić information content (AvgIpc) is 3.52. The first-order valence-electron chi connectivity index (χ1n) is 13.8. The van der Waals surface area contributed by atoms with Crippen molar-refractivity contribution in [3.63, 3.8) is 0 Å². The van der Waals surface area contributed by atoms with Gasteiger partial charge in [0.15, 0.2) is 5.13 Å². The van der Waals surface area contributed by atoms with Crippen molar-refractivity contribution in [1.82, 2.24) is 19.4 Å². The van der Waals surface area contributed by atoms with Crippen molar-refractivity contribution in [1.29, 1.82) is 0 Å². The summed E-state index contributed by atoms with van der Waals surface area (Å²) in [5, 5.41) is 5.05. The summed E-state index contributed by atoms with van der Waals surface area (Å²) in [5.41, 5.74) is 3.07. The normalized spacial score (nSPS) is 15.0. The van der Waals surface area contributed by atoms with Gasteiger partial charge in [-0.25, -0.2) is 14.4 Å². The molecule has 1 aliphatic rings. The summed E-state index contributed by atoms with van der Waals surface area (Å²) in [4.78, 5) is 38.6. The predicted octanol–water partition coefficient (Wildman–Crippen LogP) is 5.71. The number of methoxy groups -OCH3 is 1. The summed E-state index contributed by atoms with van der Waals surface area (Å²) in [6.45, 7) is 2.19. The number of nitrogens with one attached hydrogen (secondary N) is 1. The second-order valence-corrected chi connectivity index (χ2v) is 11.4. The topological polar surface area (TPSA) is 89.3 Å². The van der Waals surface area contributed by atoms with Gasteiger partial charge in [0.2, 0.25) is 0 Å². The lowest BCUT2D eigenvalue weighted by atomic mass is 9.88. The molecular formula is C32H30FN5O3S. The second-order valence-electron chi connectivity index (χ2n) is 10.5. The molecule has 1 atom stereocenters. The number of hydrogen-bond acceptors (Lipinski definition) is 7. The lowest BCUT2D eigenvalue weighted by Gasteiger charge is -2.29. The molecule has 0 radical (unpaired) electrons. The highest BCUT2D eigenvalue weighted by atomic mass is 32.1. The number of aromatic nitrogens is 3. The highest BCUT2D eigenvalue weighted by molar-refractivity contribution is 7.13. The van der Waals surface area contributed by atoms with Crippen LogP contribution in [0, 0.1) is 5.82 Å². The van der Waals surface area contributed by atoms with Gasteiger partial charge in [0.05, 0.1) is 29.9 Å². The molecule has 8 nitrogen and oxygen atoms in total. The first-order valence-corrected chi connectivity index (χ1v) is 14.6. The minimum atomic E-state index is -1.40. The Morgan fingerprint density at radius 1 is 1.07 bits per heavy atom. The van der Waals surface area contributed by atoms with Crippen molar-refractivity contribution in [3.05, 3.63) is 106 Å². The molecule has 1 N–H and O–H groups in total. The number of benzene rings is 3. The van der Waals surface area contributed by atoms with Crippen molar-refractivity contribution in [3.8, 4) is 16.9 Å². The molecule has 1 unspecified atom stereocenters. The zero-order valence-electron chi connectivity index (χ0n) is 23.3. The van der Waals surface area contributed by atoms with Crippen LogP contribution in [0.1, 0.15) is 35.9 Å². The van der Waals surface area contributed by atoms with Gasteiger partial charge in [0.25, 0.3) is 11.5 Å². The van der Waals surface area contributed by atoms with Crippen molar-refractivity contribution >= 4 is 33.3 Å². The summed E-state index contributed by atoms with van der Waals surface area (Å²) >= 11 is 1.22. The number of piperidine rings is 1. The van der Waals surface area contributed by atoms with Crippen LogP contribution in [0.25, 0.3) is 22.0 Å². The quantitative estimate of drug-likeness (QED) is 0.264. The number of rotatable bonds is 7. The van der Waals surface area contributed by atoms with Gasteiger partial charge in [0.1, 0.15) is 17.6 Å². The fourth-order valence-electron chi connectivity index (χ4n) is 5.61. The molecule has 3 aromatic carbocycles. The molecule has 1 aliphatic heterocycles. The number of likely N-dealkylation sites (tertiary alicyclic amines) is 1. The van der Waals surface area contributed by atoms with Crippen molar-refractivity contribution < 1.29 is 13.9 Å². The Bertz CT molecular complexity index is 1780. The van der Waals surface area contributed by atoms with Gasteiger partial charge in [-0.05, 0) is 79.9 Å². The number of nitrogens with zero attached hydrogens (tertiary/aromatic N) is 4. The number of hydrogen-bond donors (Lipinski definition) is 1. The summed E-state index contributed by atoms with van der Waals surface area (Å²) in [5.74, 6) is -0.637. The van der Waals surface area contributed by atoms with E-state index < -0.39 is 23.3 Å². The van der Waals surface area contributed by atoms with E-state index in [-0.39, 0.29) is 11.3 Å². The van der Waals surface area contributed by atoms with Crippen LogP contribution >= 0.6 is 11.3 Å². The zero-order valence-corrected chi connectivity index (χ0v) is 24.1. The number of carbonyl (C=O) groups excluding carboxylic acids is 1. The lowest BCUT2D eigenvalue weighted by Crippen LogP contribution is -2.35. The van der Waals surface area contributed by atoms with E-state index >= 15 is 4.39 Å². The van der Waals surface area contributed by atoms with Crippen LogP contribution in [-0.4, -0.2) is 52.6 Å². The highest BCUT2D eigenvalue weighted by Crippen LogP contribution is 2.33. The molecule has 0 aliphatic carbocycles. The monoisotopic (exact) mass is 583 g/mol. The van der Waals surface area contributed by atoms with Gasteiger partial charge in [-0.3, -0.25) is 19.5 Å². The molecule has 6 rings (SSSR count). The van der Waals surface area contributed by atoms with E-state index in [0.29, 0.717) is 22.0 Å². The number of carbonyl (C=O) groups is 1. The van der Waals surface area contributed by atoms with Crippen molar-refractivity contribution in [2.75, 3.05) is 32.6 Å². The number of halogens is 1. The van der Waals surface area contributed by atoms with E-state index in [1.807, 2.05) is 6.07 Å². The Kier molecular flexibility index (Phi) is 7.82. The molecule has 1 saturated heterocycles. The van der Waals surface area contributed by atoms with Crippen LogP contribution in [-0.2, 0) is 4.79 Å². The van der Waals surface area contributed by atoms with Crippen LogP contribution in [0.4, 0.5) is 9.52 Å². The van der Waals surface area contributed by atoms with Crippen molar-refractivity contribution in [2.24, 2.45) is 0 Å². The fourth-order valence-corrected chi connectivity index (χ4v) is 6.14. The van der Waals surface area contributed by atoms with Crippen molar-refractivity contribution in [2.45, 2.75) is 24.8 Å². The minimum absolute atomic E-state index is 0.0713. The van der Waals surface area contributed by atoms with Gasteiger partial charge in [0, 0.05) is 11.6 Å². The molecule has 2 aromatic heterocycles. The number of fused-ring (bicyclic) bond motifs is 1. The smallest absolute Gasteiger partial charge is 0.262 e. The van der Waals surface area contributed by atoms with Crippen LogP contribution in [0.15, 0.2) is 83.4 Å². The SMILES string of the molecule is COc1cccc(F)c1C(C(=O)Nc1nccs1)n1cnc2ccc(-c3ccc(C4CCN(C)CC4)cc3)cc2c1=O. The van der Waals surface area contributed by atoms with Gasteiger partial charge in [-0.15, -0.1) is 11.3 Å². The standard InChI is InChI=1S/C32H30FN5O3S/c1-37-15-12-22(13-16-37)20-6-8-21(9-7-20)23-10-11-26-24(18-23)31(40)38(19-35-26)29(30(39)36-32-34-14-17-42-32)28-25(33)4-3-5-27(28)41-2/h3-11,14,17-19,22,29H,12-13,15-16H2,1-2H3,(H,34,36,39). The van der Waals surface area contributed by atoms with E-state index in [4.69, 9.17) is 4.74 Å². The minimum Gasteiger partial charge on any atom is -0.496 e. The lowest BCUT2D eigenvalue weighted by molar-refractivity contribution is -0.118. The molecule has 5 aromatic rings. The summed E-state index contributed by atoms with van der Waals surface area (Å²) in [6.07, 6.45) is 5.10. The molecule has 0 bridgehead atoms. The Hall–Kier alpha value is -4.41. The molecule has 42 heavy (non-hydrogen) atoms. The zero-order chi connectivity index (χ0) is 29.2. The molecule has 0 spiro atoms. The number of anilines is 1. The molecule has 10 heteroatoms. The van der Waals surface area contributed by atoms with E-state index in [1.165, 1.54) is 42.5 Å². The summed E-state index contributed by atoms with van der Waals surface area (Å²) in [7, 11) is 3.55. The van der Waals surface area contributed by atoms with Gasteiger partial charge >= 0.3 is 0 Å². The number of ether oxygens (including phenoxy) is 1. The molecule has 3 heterocycles. The van der Waals surface area contributed by atoms with E-state index in [0.717, 1.165) is 41.6 Å². The predicted molar refractivity (Wildman–Crippen MR) is 163 cm³/mol. The second kappa shape index (κ2) is 11.8. The Labute approximate surface area is 246 Å². The van der Waals surface area contributed by atoms with Gasteiger partial charge in [-0.1, -0.05) is 36.4 Å². The third-order valence-electron chi connectivity index (χ3n) is 7.91. The largest absolute Gasteiger partial charge is 0.496 e. The van der Waals surface area contributed by atoms with E-state index in [1.54, 1.807) is 29.8 Å². The van der Waals surface area contributed by atoms with E-state index in [2.05, 4.69) is 51.5 Å². The number of amides is 1. The van der Waals surface area contributed by atoms with Crippen LogP contribution in [0.5, 0.6) is 5.75 Å². The fraction of sp³-hybridized carbons (Fsp3) is 0.250. The molecule has 1 amide bonds. The third kappa shape index (κ3) is 5.43. The molecular weight excluding hydrogens is 553 g/mol. The van der Waals surface area contributed by atoms with Gasteiger partial charge in [-0.2, -0.15) is 0 Å². The maximum atomic E-state index is 15.3. The maximum Gasteiger partial charge on any atom is 0.262 e. The maximum absolute atomic E-state index is 15.3. The van der Waals surface area contributed by atoms with Crippen LogP contribution in [0.3, 0.4) is 0 Å². The highest BCUT2D eigenvalue weighted by Gasteiger charge is 2.31. The number of thiazole rings is 1. The Morgan fingerprint density at radius 2 is 1.83 bits per heavy atom. The Balaban J connectivity index is 1.40. The molecule has 0 saturated carbocycles. The Morgan fingerprint density at radius 3 is 2.55 bits per heavy atom. The van der Waals surface area contributed by atoms with Crippen LogP contribution < -0.4 is 15.6 Å². The molecule has 1 fully saturated rings. The van der Waals surface area contributed by atoms with Crippen LogP contribution in [0.2, 0.25) is 0 Å². The summed E-state index contributed by atoms with van der Waals surface area (Å²) < 4.78 is 21.9. The summed E-state index contributed by atoms with van der Waals surface area (Å²) in [6, 6.07) is 16.9. The first kappa shape index (κ1) is 27.7. The van der Waals surface area contributed by atoms with Gasteiger partial charge < -0.3 is 9.64 Å².